The van der Waals surface area contributed by atoms with E-state index in [0.29, 0.717) is 23.8 Å². The van der Waals surface area contributed by atoms with E-state index in [1.165, 1.54) is 49.1 Å². The number of carbonyl (C=O) groups is 1. The molecule has 0 amide bonds. The quantitative estimate of drug-likeness (QED) is 0.344. The Morgan fingerprint density at radius 3 is 2.65 bits per heavy atom. The summed E-state index contributed by atoms with van der Waals surface area (Å²) in [5.74, 6) is 0.861. The molecule has 0 spiro atoms. The number of esters is 1. The van der Waals surface area contributed by atoms with Crippen LogP contribution in [0.5, 0.6) is 0 Å². The minimum absolute atomic E-state index is 0.0473. The molecule has 1 fully saturated rings. The first-order valence-corrected chi connectivity index (χ1v) is 7.85. The van der Waals surface area contributed by atoms with Crippen LogP contribution in [-0.2, 0) is 4.74 Å². The third-order valence-electron chi connectivity index (χ3n) is 4.72. The zero-order chi connectivity index (χ0) is 16.4. The van der Waals surface area contributed by atoms with Crippen molar-refractivity contribution in [1.82, 2.24) is 0 Å². The summed E-state index contributed by atoms with van der Waals surface area (Å²) in [5.41, 5.74) is 1.64. The summed E-state index contributed by atoms with van der Waals surface area (Å²) in [5, 5.41) is 10.6. The molecule has 5 nitrogen and oxygen atoms in total. The van der Waals surface area contributed by atoms with Gasteiger partial charge in [-0.25, -0.2) is 4.79 Å². The van der Waals surface area contributed by atoms with Crippen LogP contribution in [0.25, 0.3) is 0 Å². The molecule has 1 saturated carbocycles. The molecule has 0 N–H and O–H groups in total. The molecule has 3 rings (SSSR count). The average Bonchev–Trinajstić information content (AvgIpc) is 3.17. The van der Waals surface area contributed by atoms with Gasteiger partial charge in [0.2, 0.25) is 0 Å². The van der Waals surface area contributed by atoms with E-state index in [1.54, 1.807) is 6.08 Å². The Labute approximate surface area is 134 Å². The summed E-state index contributed by atoms with van der Waals surface area (Å²) >= 11 is 0. The molecule has 0 aromatic heterocycles. The molecular formula is C18H19NO4. The van der Waals surface area contributed by atoms with Crippen LogP contribution in [0.1, 0.15) is 36.0 Å². The van der Waals surface area contributed by atoms with Crippen molar-refractivity contribution in [2.75, 3.05) is 0 Å². The number of nitro groups is 1. The molecule has 1 aromatic carbocycles. The molecule has 0 radical (unpaired) electrons. The molecule has 0 aliphatic heterocycles. The minimum atomic E-state index is -0.497. The highest BCUT2D eigenvalue weighted by molar-refractivity contribution is 5.89. The van der Waals surface area contributed by atoms with E-state index in [0.717, 1.165) is 0 Å². The SMILES string of the molecule is C=C[C@H](CC1=C[C@H]2CC[C@H]1C2)OC(=O)c1ccc([N+](=O)[O-])cc1. The number of allylic oxidation sites excluding steroid dienone is 1. The maximum Gasteiger partial charge on any atom is 0.338 e. The lowest BCUT2D eigenvalue weighted by Gasteiger charge is -2.19. The number of benzene rings is 1. The first-order valence-electron chi connectivity index (χ1n) is 7.85. The van der Waals surface area contributed by atoms with Crippen molar-refractivity contribution in [2.45, 2.75) is 31.8 Å². The lowest BCUT2D eigenvalue weighted by Crippen LogP contribution is -2.18. The number of nitro benzene ring substituents is 1. The van der Waals surface area contributed by atoms with Gasteiger partial charge in [0.25, 0.3) is 5.69 Å². The predicted molar refractivity (Wildman–Crippen MR) is 86.0 cm³/mol. The highest BCUT2D eigenvalue weighted by Crippen LogP contribution is 2.45. The van der Waals surface area contributed by atoms with Crippen LogP contribution >= 0.6 is 0 Å². The van der Waals surface area contributed by atoms with E-state index in [2.05, 4.69) is 12.7 Å². The fourth-order valence-corrected chi connectivity index (χ4v) is 3.51. The highest BCUT2D eigenvalue weighted by atomic mass is 16.6. The second-order valence-corrected chi connectivity index (χ2v) is 6.20. The largest absolute Gasteiger partial charge is 0.454 e. The van der Waals surface area contributed by atoms with Gasteiger partial charge in [0, 0.05) is 18.6 Å². The zero-order valence-electron chi connectivity index (χ0n) is 12.8. The summed E-state index contributed by atoms with van der Waals surface area (Å²) in [7, 11) is 0. The second kappa shape index (κ2) is 6.36. The Kier molecular flexibility index (Phi) is 4.28. The van der Waals surface area contributed by atoms with Gasteiger partial charge in [0.05, 0.1) is 10.5 Å². The van der Waals surface area contributed by atoms with Crippen molar-refractivity contribution in [2.24, 2.45) is 11.8 Å². The van der Waals surface area contributed by atoms with E-state index >= 15 is 0 Å². The summed E-state index contributed by atoms with van der Waals surface area (Å²) in [6.07, 6.45) is 8.05. The minimum Gasteiger partial charge on any atom is -0.454 e. The molecule has 2 aliphatic rings. The number of carbonyl (C=O) groups excluding carboxylic acids is 1. The molecule has 0 heterocycles. The summed E-state index contributed by atoms with van der Waals surface area (Å²) in [4.78, 5) is 22.3. The fourth-order valence-electron chi connectivity index (χ4n) is 3.51. The maximum atomic E-state index is 12.2. The lowest BCUT2D eigenvalue weighted by molar-refractivity contribution is -0.384. The van der Waals surface area contributed by atoms with Crippen molar-refractivity contribution in [3.63, 3.8) is 0 Å². The van der Waals surface area contributed by atoms with Crippen LogP contribution < -0.4 is 0 Å². The van der Waals surface area contributed by atoms with Gasteiger partial charge in [0.15, 0.2) is 0 Å². The second-order valence-electron chi connectivity index (χ2n) is 6.20. The van der Waals surface area contributed by atoms with Crippen LogP contribution in [0.3, 0.4) is 0 Å². The Bertz CT molecular complexity index is 662. The number of fused-ring (bicyclic) bond motifs is 2. The van der Waals surface area contributed by atoms with Crippen LogP contribution in [0.15, 0.2) is 48.6 Å². The molecular weight excluding hydrogens is 294 g/mol. The van der Waals surface area contributed by atoms with Gasteiger partial charge in [-0.3, -0.25) is 10.1 Å². The topological polar surface area (TPSA) is 69.4 Å². The first kappa shape index (κ1) is 15.5. The number of hydrogen-bond donors (Lipinski definition) is 0. The zero-order valence-corrected chi connectivity index (χ0v) is 12.8. The Hall–Kier alpha value is -2.43. The lowest BCUT2D eigenvalue weighted by atomic mass is 9.94. The number of ether oxygens (including phenoxy) is 1. The van der Waals surface area contributed by atoms with E-state index in [-0.39, 0.29) is 11.8 Å². The van der Waals surface area contributed by atoms with Crippen LogP contribution in [0, 0.1) is 22.0 Å². The van der Waals surface area contributed by atoms with Gasteiger partial charge in [0.1, 0.15) is 6.10 Å². The molecule has 120 valence electrons. The average molecular weight is 313 g/mol. The molecule has 0 unspecified atom stereocenters. The van der Waals surface area contributed by atoms with Crippen LogP contribution in [0.2, 0.25) is 0 Å². The van der Waals surface area contributed by atoms with Crippen molar-refractivity contribution in [3.8, 4) is 0 Å². The highest BCUT2D eigenvalue weighted by Gasteiger charge is 2.33. The number of rotatable bonds is 6. The van der Waals surface area contributed by atoms with Crippen molar-refractivity contribution in [3.05, 3.63) is 64.2 Å². The van der Waals surface area contributed by atoms with Gasteiger partial charge >= 0.3 is 5.97 Å². The molecule has 1 aromatic rings. The summed E-state index contributed by atoms with van der Waals surface area (Å²) < 4.78 is 5.49. The Morgan fingerprint density at radius 1 is 1.39 bits per heavy atom. The molecule has 2 aliphatic carbocycles. The molecule has 23 heavy (non-hydrogen) atoms. The first-order chi connectivity index (χ1) is 11.1. The Morgan fingerprint density at radius 2 is 2.13 bits per heavy atom. The smallest absolute Gasteiger partial charge is 0.338 e. The molecule has 2 bridgehead atoms. The number of non-ortho nitro benzene ring substituents is 1. The van der Waals surface area contributed by atoms with E-state index in [4.69, 9.17) is 4.74 Å². The van der Waals surface area contributed by atoms with Gasteiger partial charge < -0.3 is 4.74 Å². The van der Waals surface area contributed by atoms with Crippen molar-refractivity contribution in [1.29, 1.82) is 0 Å². The molecule has 3 atom stereocenters. The monoisotopic (exact) mass is 313 g/mol. The van der Waals surface area contributed by atoms with Crippen molar-refractivity contribution >= 4 is 11.7 Å². The van der Waals surface area contributed by atoms with Gasteiger partial charge in [-0.05, 0) is 43.2 Å². The van der Waals surface area contributed by atoms with Crippen LogP contribution in [-0.4, -0.2) is 17.0 Å². The van der Waals surface area contributed by atoms with Gasteiger partial charge in [-0.15, -0.1) is 0 Å². The maximum absolute atomic E-state index is 12.2. The number of nitrogens with zero attached hydrogens (tertiary/aromatic N) is 1. The van der Waals surface area contributed by atoms with E-state index in [1.807, 2.05) is 0 Å². The molecule has 0 saturated heterocycles. The predicted octanol–water partition coefficient (Wildman–Crippen LogP) is 4.05. The standard InChI is InChI=1S/C18H19NO4/c1-2-17(11-15-10-12-3-4-14(15)9-12)23-18(20)13-5-7-16(8-6-13)19(21)22/h2,5-8,10,12,14,17H,1,3-4,9,11H2/t12-,14-,17+/m0/s1. The number of hydrogen-bond acceptors (Lipinski definition) is 4. The summed E-state index contributed by atoms with van der Waals surface area (Å²) in [6.45, 7) is 3.76. The van der Waals surface area contributed by atoms with Gasteiger partial charge in [-0.2, -0.15) is 0 Å². The van der Waals surface area contributed by atoms with Crippen molar-refractivity contribution < 1.29 is 14.5 Å². The molecule has 5 heteroatoms. The van der Waals surface area contributed by atoms with E-state index < -0.39 is 10.9 Å². The summed E-state index contributed by atoms with van der Waals surface area (Å²) in [6, 6.07) is 5.44. The Balaban J connectivity index is 1.62. The third-order valence-corrected chi connectivity index (χ3v) is 4.72. The van der Waals surface area contributed by atoms with E-state index in [9.17, 15) is 14.9 Å². The normalized spacial score (nSPS) is 23.2. The third kappa shape index (κ3) is 3.33. The fraction of sp³-hybridized carbons (Fsp3) is 0.389. The van der Waals surface area contributed by atoms with Crippen LogP contribution in [0.4, 0.5) is 5.69 Å². The van der Waals surface area contributed by atoms with Gasteiger partial charge in [-0.1, -0.05) is 24.3 Å².